The highest BCUT2D eigenvalue weighted by atomic mass is 35.5. The van der Waals surface area contributed by atoms with Gasteiger partial charge in [-0.3, -0.25) is 4.79 Å². The summed E-state index contributed by atoms with van der Waals surface area (Å²) < 4.78 is 5.15. The van der Waals surface area contributed by atoms with E-state index in [-0.39, 0.29) is 18.7 Å². The lowest BCUT2D eigenvalue weighted by Gasteiger charge is -2.21. The Hall–Kier alpha value is -3.21. The Morgan fingerprint density at radius 1 is 1.14 bits per heavy atom. The number of nitrogens with zero attached hydrogens (tertiary/aromatic N) is 3. The highest BCUT2D eigenvalue weighted by Crippen LogP contribution is 2.25. The summed E-state index contributed by atoms with van der Waals surface area (Å²) in [5, 5.41) is 11.7. The van der Waals surface area contributed by atoms with Gasteiger partial charge in [-0.05, 0) is 24.3 Å². The van der Waals surface area contributed by atoms with Crippen molar-refractivity contribution in [2.24, 2.45) is 0 Å². The molecule has 1 amide bonds. The number of halogens is 1. The van der Waals surface area contributed by atoms with Gasteiger partial charge in [0.2, 0.25) is 0 Å². The number of hydrogen-bond acceptors (Lipinski definition) is 6. The summed E-state index contributed by atoms with van der Waals surface area (Å²) in [6.07, 6.45) is 0.172. The lowest BCUT2D eigenvalue weighted by Crippen LogP contribution is -2.35. The topological polar surface area (TPSA) is 83.3 Å². The maximum absolute atomic E-state index is 12.6. The van der Waals surface area contributed by atoms with E-state index in [1.165, 1.54) is 16.2 Å². The monoisotopic (exact) mass is 425 g/mol. The van der Waals surface area contributed by atoms with Crippen molar-refractivity contribution < 1.29 is 14.3 Å². The van der Waals surface area contributed by atoms with Crippen molar-refractivity contribution in [2.75, 3.05) is 18.1 Å². The van der Waals surface area contributed by atoms with E-state index >= 15 is 0 Å². The molecule has 8 heteroatoms. The van der Waals surface area contributed by atoms with E-state index in [2.05, 4.69) is 4.98 Å². The van der Waals surface area contributed by atoms with Crippen molar-refractivity contribution in [3.63, 3.8) is 0 Å². The number of esters is 1. The number of amides is 1. The Bertz CT molecular complexity index is 1030. The van der Waals surface area contributed by atoms with E-state index in [1.54, 1.807) is 41.8 Å². The number of carbonyl (C=O) groups excluding carboxylic acids is 2. The largest absolute Gasteiger partial charge is 0.451 e. The van der Waals surface area contributed by atoms with Crippen LogP contribution in [0.4, 0.5) is 5.69 Å². The van der Waals surface area contributed by atoms with Gasteiger partial charge in [-0.2, -0.15) is 5.26 Å². The fourth-order valence-corrected chi connectivity index (χ4v) is 3.46. The van der Waals surface area contributed by atoms with E-state index < -0.39 is 18.5 Å². The molecule has 0 atom stereocenters. The van der Waals surface area contributed by atoms with Crippen molar-refractivity contribution in [3.05, 3.63) is 70.7 Å². The van der Waals surface area contributed by atoms with Crippen LogP contribution in [0.5, 0.6) is 0 Å². The minimum absolute atomic E-state index is 0.135. The van der Waals surface area contributed by atoms with Crippen LogP contribution in [-0.2, 0) is 9.53 Å². The quantitative estimate of drug-likeness (QED) is 0.518. The van der Waals surface area contributed by atoms with E-state index in [4.69, 9.17) is 21.6 Å². The molecule has 1 heterocycles. The number of carbonyl (C=O) groups is 2. The number of rotatable bonds is 7. The fourth-order valence-electron chi connectivity index (χ4n) is 2.54. The number of nitriles is 1. The molecule has 0 fully saturated rings. The normalized spacial score (nSPS) is 10.2. The second kappa shape index (κ2) is 9.82. The van der Waals surface area contributed by atoms with Gasteiger partial charge in [-0.15, -0.1) is 11.3 Å². The second-order valence-corrected chi connectivity index (χ2v) is 7.20. The van der Waals surface area contributed by atoms with Crippen LogP contribution in [0.25, 0.3) is 10.6 Å². The maximum atomic E-state index is 12.6. The third-order valence-electron chi connectivity index (χ3n) is 3.95. The predicted octanol–water partition coefficient (Wildman–Crippen LogP) is 4.57. The lowest BCUT2D eigenvalue weighted by atomic mass is 10.2. The second-order valence-electron chi connectivity index (χ2n) is 5.91. The summed E-state index contributed by atoms with van der Waals surface area (Å²) >= 11 is 7.18. The van der Waals surface area contributed by atoms with Crippen LogP contribution in [0.15, 0.2) is 60.0 Å². The van der Waals surface area contributed by atoms with E-state index in [0.717, 1.165) is 5.56 Å². The minimum Gasteiger partial charge on any atom is -0.451 e. The van der Waals surface area contributed by atoms with E-state index in [9.17, 15) is 9.59 Å². The molecule has 0 N–H and O–H groups in total. The van der Waals surface area contributed by atoms with Gasteiger partial charge in [0, 0.05) is 28.2 Å². The first-order valence-corrected chi connectivity index (χ1v) is 9.95. The first-order chi connectivity index (χ1) is 14.1. The van der Waals surface area contributed by atoms with Gasteiger partial charge >= 0.3 is 5.97 Å². The summed E-state index contributed by atoms with van der Waals surface area (Å²) in [4.78, 5) is 30.6. The highest BCUT2D eigenvalue weighted by Gasteiger charge is 2.19. The standard InChI is InChI=1S/C21H16ClN3O3S/c22-16-9-7-15(8-10-16)20-24-18(14-29-20)21(27)28-13-19(26)25(12-4-11-23)17-5-2-1-3-6-17/h1-3,5-10,14H,4,12-13H2. The molecule has 6 nitrogen and oxygen atoms in total. The van der Waals surface area contributed by atoms with E-state index in [0.29, 0.717) is 15.7 Å². The van der Waals surface area contributed by atoms with Crippen LogP contribution in [-0.4, -0.2) is 30.0 Å². The smallest absolute Gasteiger partial charge is 0.358 e. The van der Waals surface area contributed by atoms with Crippen LogP contribution in [0.3, 0.4) is 0 Å². The Kier molecular flexibility index (Phi) is 6.95. The van der Waals surface area contributed by atoms with Gasteiger partial charge in [-0.1, -0.05) is 41.9 Å². The molecule has 1 aromatic heterocycles. The molecule has 146 valence electrons. The highest BCUT2D eigenvalue weighted by molar-refractivity contribution is 7.13. The van der Waals surface area contributed by atoms with E-state index in [1.807, 2.05) is 24.3 Å². The zero-order valence-electron chi connectivity index (χ0n) is 15.2. The number of hydrogen-bond donors (Lipinski definition) is 0. The molecule has 0 aliphatic rings. The zero-order chi connectivity index (χ0) is 20.6. The molecule has 0 bridgehead atoms. The molecule has 0 spiro atoms. The van der Waals surface area contributed by atoms with Crippen LogP contribution in [0.2, 0.25) is 5.02 Å². The fraction of sp³-hybridized carbons (Fsp3) is 0.143. The average molecular weight is 426 g/mol. The number of anilines is 1. The molecule has 29 heavy (non-hydrogen) atoms. The van der Waals surface area contributed by atoms with Crippen LogP contribution in [0, 0.1) is 11.3 Å². The summed E-state index contributed by atoms with van der Waals surface area (Å²) in [6, 6.07) is 18.1. The molecule has 3 aromatic rings. The molecular weight excluding hydrogens is 410 g/mol. The van der Waals surface area contributed by atoms with Crippen LogP contribution < -0.4 is 4.90 Å². The van der Waals surface area contributed by atoms with Crippen molar-refractivity contribution in [1.82, 2.24) is 4.98 Å². The predicted molar refractivity (Wildman–Crippen MR) is 112 cm³/mol. The van der Waals surface area contributed by atoms with Crippen molar-refractivity contribution in [2.45, 2.75) is 6.42 Å². The Labute approximate surface area is 176 Å². The summed E-state index contributed by atoms with van der Waals surface area (Å²) in [6.45, 7) is -0.221. The SMILES string of the molecule is N#CCCN(C(=O)COC(=O)c1csc(-c2ccc(Cl)cc2)n1)c1ccccc1. The molecule has 3 rings (SSSR count). The molecule has 0 aliphatic heterocycles. The van der Waals surface area contributed by atoms with Gasteiger partial charge in [0.05, 0.1) is 12.5 Å². The summed E-state index contributed by atoms with van der Waals surface area (Å²) in [5.74, 6) is -1.09. The number of para-hydroxylation sites is 1. The van der Waals surface area contributed by atoms with Crippen LogP contribution >= 0.6 is 22.9 Å². The molecule has 0 unspecified atom stereocenters. The molecular formula is C21H16ClN3O3S. The van der Waals surface area contributed by atoms with Crippen molar-refractivity contribution in [1.29, 1.82) is 5.26 Å². The zero-order valence-corrected chi connectivity index (χ0v) is 16.8. The summed E-state index contributed by atoms with van der Waals surface area (Å²) in [5.41, 5.74) is 1.61. The maximum Gasteiger partial charge on any atom is 0.358 e. The van der Waals surface area contributed by atoms with Gasteiger partial charge in [0.1, 0.15) is 5.01 Å². The molecule has 0 saturated heterocycles. The number of benzene rings is 2. The first-order valence-electron chi connectivity index (χ1n) is 8.69. The van der Waals surface area contributed by atoms with Crippen LogP contribution in [0.1, 0.15) is 16.9 Å². The summed E-state index contributed by atoms with van der Waals surface area (Å²) in [7, 11) is 0. The first kappa shape index (κ1) is 20.5. The third kappa shape index (κ3) is 5.41. The molecule has 2 aromatic carbocycles. The Morgan fingerprint density at radius 2 is 1.86 bits per heavy atom. The molecule has 0 aliphatic carbocycles. The Balaban J connectivity index is 1.64. The number of aromatic nitrogens is 1. The lowest BCUT2D eigenvalue weighted by molar-refractivity contribution is -0.121. The number of thiazole rings is 1. The van der Waals surface area contributed by atoms with Crippen molar-refractivity contribution in [3.8, 4) is 16.6 Å². The minimum atomic E-state index is -0.678. The van der Waals surface area contributed by atoms with Gasteiger partial charge < -0.3 is 9.64 Å². The number of ether oxygens (including phenoxy) is 1. The van der Waals surface area contributed by atoms with Crippen molar-refractivity contribution >= 4 is 40.5 Å². The van der Waals surface area contributed by atoms with Gasteiger partial charge in [-0.25, -0.2) is 9.78 Å². The van der Waals surface area contributed by atoms with Gasteiger partial charge in [0.25, 0.3) is 5.91 Å². The Morgan fingerprint density at radius 3 is 2.55 bits per heavy atom. The molecule has 0 saturated carbocycles. The third-order valence-corrected chi connectivity index (χ3v) is 5.09. The molecule has 0 radical (unpaired) electrons. The van der Waals surface area contributed by atoms with Gasteiger partial charge in [0.15, 0.2) is 12.3 Å². The average Bonchev–Trinajstić information content (AvgIpc) is 3.24.